The Bertz CT molecular complexity index is 644. The van der Waals surface area contributed by atoms with Crippen molar-refractivity contribution in [3.05, 3.63) is 41.0 Å². The van der Waals surface area contributed by atoms with Gasteiger partial charge in [0.25, 0.3) is 0 Å². The highest BCUT2D eigenvalue weighted by molar-refractivity contribution is 7.99. The van der Waals surface area contributed by atoms with Gasteiger partial charge in [-0.2, -0.15) is 0 Å². The molecule has 0 spiro atoms. The molecular formula is C11H7F5N2OS. The summed E-state index contributed by atoms with van der Waals surface area (Å²) in [5, 5.41) is 8.93. The topological polar surface area (TPSA) is 38.0 Å². The van der Waals surface area contributed by atoms with E-state index in [1.165, 1.54) is 17.8 Å². The maximum absolute atomic E-state index is 13.5. The van der Waals surface area contributed by atoms with Crippen LogP contribution in [0.15, 0.2) is 16.2 Å². The van der Waals surface area contributed by atoms with Gasteiger partial charge in [0.15, 0.2) is 28.4 Å². The standard InChI is InChI=1S/C11H7F5N2OS/c1-18-4(3-19)2-17-11(18)20-10-8(15)6(13)5(12)7(14)9(10)16/h2,19H,3H2,1H3. The highest BCUT2D eigenvalue weighted by Crippen LogP contribution is 2.34. The van der Waals surface area contributed by atoms with Gasteiger partial charge in [0, 0.05) is 7.05 Å². The van der Waals surface area contributed by atoms with Crippen molar-refractivity contribution in [2.45, 2.75) is 16.7 Å². The summed E-state index contributed by atoms with van der Waals surface area (Å²) in [6.07, 6.45) is 1.23. The highest BCUT2D eigenvalue weighted by Gasteiger charge is 2.27. The number of nitrogens with zero attached hydrogens (tertiary/aromatic N) is 2. The second-order valence-corrected chi connectivity index (χ2v) is 4.73. The molecule has 0 unspecified atom stereocenters. The van der Waals surface area contributed by atoms with Crippen molar-refractivity contribution < 1.29 is 27.1 Å². The Hall–Kier alpha value is -1.61. The van der Waals surface area contributed by atoms with Crippen LogP contribution in [0.1, 0.15) is 5.69 Å². The minimum atomic E-state index is -2.21. The molecule has 1 aromatic heterocycles. The number of aliphatic hydroxyl groups is 1. The molecule has 1 heterocycles. The molecule has 1 N–H and O–H groups in total. The van der Waals surface area contributed by atoms with E-state index < -0.39 is 34.0 Å². The summed E-state index contributed by atoms with van der Waals surface area (Å²) >= 11 is 0.285. The van der Waals surface area contributed by atoms with Crippen molar-refractivity contribution in [3.8, 4) is 0 Å². The quantitative estimate of drug-likeness (QED) is 0.538. The third kappa shape index (κ3) is 2.27. The summed E-state index contributed by atoms with van der Waals surface area (Å²) < 4.78 is 67.2. The highest BCUT2D eigenvalue weighted by atomic mass is 32.2. The van der Waals surface area contributed by atoms with E-state index in [2.05, 4.69) is 4.98 Å². The summed E-state index contributed by atoms with van der Waals surface area (Å²) in [5.74, 6) is -10.1. The first-order valence-corrected chi connectivity index (χ1v) is 6.00. The third-order valence-electron chi connectivity index (χ3n) is 2.57. The summed E-state index contributed by atoms with van der Waals surface area (Å²) in [6, 6.07) is 0. The van der Waals surface area contributed by atoms with Gasteiger partial charge in [0.1, 0.15) is 0 Å². The molecule has 0 aliphatic rings. The van der Waals surface area contributed by atoms with Crippen LogP contribution in [0.4, 0.5) is 22.0 Å². The van der Waals surface area contributed by atoms with Gasteiger partial charge in [-0.1, -0.05) is 0 Å². The zero-order valence-corrected chi connectivity index (χ0v) is 10.7. The van der Waals surface area contributed by atoms with Crippen molar-refractivity contribution in [3.63, 3.8) is 0 Å². The number of hydrogen-bond donors (Lipinski definition) is 1. The van der Waals surface area contributed by atoms with Crippen LogP contribution in [0, 0.1) is 29.1 Å². The minimum absolute atomic E-state index is 0.0164. The largest absolute Gasteiger partial charge is 0.390 e. The number of rotatable bonds is 3. The van der Waals surface area contributed by atoms with Crippen LogP contribution in [0.25, 0.3) is 0 Å². The van der Waals surface area contributed by atoms with Crippen LogP contribution in [0.2, 0.25) is 0 Å². The first kappa shape index (κ1) is 14.8. The lowest BCUT2D eigenvalue weighted by atomic mass is 10.3. The molecule has 2 aromatic rings. The van der Waals surface area contributed by atoms with Crippen molar-refractivity contribution >= 4 is 11.8 Å². The molecule has 0 atom stereocenters. The average Bonchev–Trinajstić information content (AvgIpc) is 2.79. The van der Waals surface area contributed by atoms with Gasteiger partial charge in [0.2, 0.25) is 5.82 Å². The van der Waals surface area contributed by atoms with E-state index in [-0.39, 0.29) is 23.5 Å². The summed E-state index contributed by atoms with van der Waals surface area (Å²) in [7, 11) is 1.44. The predicted molar refractivity (Wildman–Crippen MR) is 59.5 cm³/mol. The molecule has 0 saturated carbocycles. The Morgan fingerprint density at radius 1 is 1.05 bits per heavy atom. The van der Waals surface area contributed by atoms with Gasteiger partial charge in [-0.3, -0.25) is 0 Å². The summed E-state index contributed by atoms with van der Waals surface area (Å²) in [6.45, 7) is -0.374. The number of aromatic nitrogens is 2. The first-order valence-electron chi connectivity index (χ1n) is 5.19. The van der Waals surface area contributed by atoms with Crippen molar-refractivity contribution in [2.24, 2.45) is 7.05 Å². The zero-order chi connectivity index (χ0) is 15.0. The van der Waals surface area contributed by atoms with Crippen LogP contribution in [-0.4, -0.2) is 14.7 Å². The molecule has 3 nitrogen and oxygen atoms in total. The molecule has 0 fully saturated rings. The molecule has 0 aliphatic carbocycles. The van der Waals surface area contributed by atoms with Crippen LogP contribution in [-0.2, 0) is 13.7 Å². The number of hydrogen-bond acceptors (Lipinski definition) is 3. The number of halogens is 5. The van der Waals surface area contributed by atoms with E-state index in [9.17, 15) is 22.0 Å². The van der Waals surface area contributed by atoms with Gasteiger partial charge in [-0.25, -0.2) is 26.9 Å². The Balaban J connectivity index is 2.51. The number of aliphatic hydroxyl groups excluding tert-OH is 1. The fourth-order valence-corrected chi connectivity index (χ4v) is 2.33. The van der Waals surface area contributed by atoms with Gasteiger partial charge >= 0.3 is 0 Å². The lowest BCUT2D eigenvalue weighted by molar-refractivity contribution is 0.271. The average molecular weight is 310 g/mol. The van der Waals surface area contributed by atoms with Crippen LogP contribution in [0.3, 0.4) is 0 Å². The maximum Gasteiger partial charge on any atom is 0.200 e. The predicted octanol–water partition coefficient (Wildman–Crippen LogP) is 2.76. The van der Waals surface area contributed by atoms with Crippen LogP contribution >= 0.6 is 11.8 Å². The normalized spacial score (nSPS) is 11.2. The fourth-order valence-electron chi connectivity index (χ4n) is 1.43. The molecule has 0 aliphatic heterocycles. The lowest BCUT2D eigenvalue weighted by Gasteiger charge is -2.08. The van der Waals surface area contributed by atoms with E-state index in [0.717, 1.165) is 0 Å². The van der Waals surface area contributed by atoms with Gasteiger partial charge in [0.05, 0.1) is 23.4 Å². The van der Waals surface area contributed by atoms with Crippen molar-refractivity contribution in [1.29, 1.82) is 0 Å². The van der Waals surface area contributed by atoms with Crippen molar-refractivity contribution in [1.82, 2.24) is 9.55 Å². The van der Waals surface area contributed by atoms with E-state index in [1.807, 2.05) is 0 Å². The molecule has 9 heteroatoms. The van der Waals surface area contributed by atoms with E-state index in [4.69, 9.17) is 5.11 Å². The number of imidazole rings is 1. The Morgan fingerprint density at radius 3 is 2.00 bits per heavy atom. The van der Waals surface area contributed by atoms with E-state index in [1.54, 1.807) is 0 Å². The smallest absolute Gasteiger partial charge is 0.200 e. The molecule has 108 valence electrons. The summed E-state index contributed by atoms with van der Waals surface area (Å²) in [5.41, 5.74) is 0.330. The molecule has 0 radical (unpaired) electrons. The third-order valence-corrected chi connectivity index (χ3v) is 3.69. The fraction of sp³-hybridized carbons (Fsp3) is 0.182. The second kappa shape index (κ2) is 5.41. The molecule has 1 aromatic carbocycles. The molecule has 2 rings (SSSR count). The minimum Gasteiger partial charge on any atom is -0.390 e. The van der Waals surface area contributed by atoms with E-state index in [0.29, 0.717) is 5.69 Å². The number of benzene rings is 1. The monoisotopic (exact) mass is 310 g/mol. The molecular weight excluding hydrogens is 303 g/mol. The Morgan fingerprint density at radius 2 is 1.55 bits per heavy atom. The maximum atomic E-state index is 13.5. The molecule has 0 amide bonds. The van der Waals surface area contributed by atoms with Crippen molar-refractivity contribution in [2.75, 3.05) is 0 Å². The van der Waals surface area contributed by atoms with E-state index >= 15 is 0 Å². The molecule has 0 bridgehead atoms. The summed E-state index contributed by atoms with van der Waals surface area (Å²) in [4.78, 5) is 2.70. The zero-order valence-electron chi connectivity index (χ0n) is 9.92. The molecule has 0 saturated heterocycles. The Kier molecular flexibility index (Phi) is 4.00. The van der Waals surface area contributed by atoms with Gasteiger partial charge in [-0.15, -0.1) is 0 Å². The van der Waals surface area contributed by atoms with Crippen LogP contribution < -0.4 is 0 Å². The van der Waals surface area contributed by atoms with Gasteiger partial charge in [-0.05, 0) is 11.8 Å². The first-order chi connectivity index (χ1) is 9.38. The van der Waals surface area contributed by atoms with Gasteiger partial charge < -0.3 is 9.67 Å². The Labute approximate surface area is 114 Å². The SMILES string of the molecule is Cn1c(CO)cnc1Sc1c(F)c(F)c(F)c(F)c1F. The second-order valence-electron chi connectivity index (χ2n) is 3.75. The van der Waals surface area contributed by atoms with Crippen LogP contribution in [0.5, 0.6) is 0 Å². The molecule has 20 heavy (non-hydrogen) atoms. The lowest BCUT2D eigenvalue weighted by Crippen LogP contribution is -2.04.